The Labute approximate surface area is 182 Å². The summed E-state index contributed by atoms with van der Waals surface area (Å²) in [6.07, 6.45) is 0. The lowest BCUT2D eigenvalue weighted by Crippen LogP contribution is -1.94. The molecule has 0 aliphatic rings. The Bertz CT molecular complexity index is 1120. The first-order chi connectivity index (χ1) is 15.2. The van der Waals surface area contributed by atoms with Crippen molar-refractivity contribution in [2.45, 2.75) is 13.2 Å². The minimum Gasteiger partial charge on any atom is -0.372 e. The second-order valence-electron chi connectivity index (χ2n) is 7.26. The fourth-order valence-electron chi connectivity index (χ4n) is 3.35. The van der Waals surface area contributed by atoms with Crippen LogP contribution < -0.4 is 0 Å². The van der Waals surface area contributed by atoms with Gasteiger partial charge in [-0.25, -0.2) is 0 Å². The molecule has 0 aliphatic heterocycles. The van der Waals surface area contributed by atoms with Crippen molar-refractivity contribution < 1.29 is 4.74 Å². The molecule has 0 spiro atoms. The van der Waals surface area contributed by atoms with Crippen LogP contribution in [0.25, 0.3) is 22.3 Å². The first-order valence-corrected chi connectivity index (χ1v) is 10.0. The summed E-state index contributed by atoms with van der Waals surface area (Å²) in [5.74, 6) is 0. The van der Waals surface area contributed by atoms with Gasteiger partial charge in [0.25, 0.3) is 0 Å². The fraction of sp³-hybridized carbons (Fsp3) is 0.0714. The van der Waals surface area contributed by atoms with Crippen molar-refractivity contribution in [3.05, 3.63) is 119 Å². The molecule has 0 fully saturated rings. The van der Waals surface area contributed by atoms with E-state index in [4.69, 9.17) is 15.3 Å². The third kappa shape index (κ3) is 5.06. The van der Waals surface area contributed by atoms with Crippen molar-refractivity contribution in [3.8, 4) is 34.4 Å². The highest BCUT2D eigenvalue weighted by Crippen LogP contribution is 2.22. The summed E-state index contributed by atoms with van der Waals surface area (Å²) in [4.78, 5) is 0. The first-order valence-electron chi connectivity index (χ1n) is 10.0. The number of benzene rings is 4. The van der Waals surface area contributed by atoms with Crippen molar-refractivity contribution >= 4 is 0 Å². The molecule has 0 saturated carbocycles. The Kier molecular flexibility index (Phi) is 6.19. The Morgan fingerprint density at radius 1 is 0.452 bits per heavy atom. The van der Waals surface area contributed by atoms with Crippen molar-refractivity contribution in [1.82, 2.24) is 0 Å². The second-order valence-corrected chi connectivity index (χ2v) is 7.26. The van der Waals surface area contributed by atoms with Gasteiger partial charge < -0.3 is 4.74 Å². The largest absolute Gasteiger partial charge is 0.372 e. The van der Waals surface area contributed by atoms with Crippen LogP contribution in [0.3, 0.4) is 0 Å². The maximum absolute atomic E-state index is 8.91. The topological polar surface area (TPSA) is 56.8 Å². The summed E-state index contributed by atoms with van der Waals surface area (Å²) in [6.45, 7) is 1.09. The van der Waals surface area contributed by atoms with Gasteiger partial charge in [0.05, 0.1) is 36.5 Å². The molecular formula is C28H20N2O. The highest BCUT2D eigenvalue weighted by atomic mass is 16.5. The maximum Gasteiger partial charge on any atom is 0.0991 e. The zero-order valence-corrected chi connectivity index (χ0v) is 17.0. The van der Waals surface area contributed by atoms with E-state index in [0.29, 0.717) is 24.3 Å². The standard InChI is InChI=1S/C28H20N2O/c29-17-21-1-9-25(10-2-21)27-13-5-23(6-14-27)19-31-20-24-7-15-28(16-8-24)26-11-3-22(18-30)4-12-26/h1-16H,19-20H2. The van der Waals surface area contributed by atoms with Crippen molar-refractivity contribution in [1.29, 1.82) is 10.5 Å². The lowest BCUT2D eigenvalue weighted by atomic mass is 10.0. The van der Waals surface area contributed by atoms with Gasteiger partial charge in [0, 0.05) is 0 Å². The van der Waals surface area contributed by atoms with E-state index in [1.165, 1.54) is 0 Å². The maximum atomic E-state index is 8.91. The molecule has 3 heteroatoms. The Hall–Kier alpha value is -4.18. The van der Waals surface area contributed by atoms with Crippen LogP contribution in [-0.4, -0.2) is 0 Å². The smallest absolute Gasteiger partial charge is 0.0991 e. The van der Waals surface area contributed by atoms with Crippen molar-refractivity contribution in [2.24, 2.45) is 0 Å². The van der Waals surface area contributed by atoms with Crippen LogP contribution in [0.2, 0.25) is 0 Å². The number of hydrogen-bond donors (Lipinski definition) is 0. The third-order valence-electron chi connectivity index (χ3n) is 5.14. The Morgan fingerprint density at radius 2 is 0.742 bits per heavy atom. The van der Waals surface area contributed by atoms with Crippen LogP contribution in [0.15, 0.2) is 97.1 Å². The van der Waals surface area contributed by atoms with E-state index in [0.717, 1.165) is 33.4 Å². The van der Waals surface area contributed by atoms with E-state index < -0.39 is 0 Å². The first kappa shape index (κ1) is 20.1. The summed E-state index contributed by atoms with van der Waals surface area (Å²) in [5.41, 5.74) is 7.98. The molecule has 0 amide bonds. The highest BCUT2D eigenvalue weighted by Gasteiger charge is 2.02. The number of nitrogens with zero attached hydrogens (tertiary/aromatic N) is 2. The van der Waals surface area contributed by atoms with Crippen molar-refractivity contribution in [3.63, 3.8) is 0 Å². The van der Waals surface area contributed by atoms with E-state index in [2.05, 4.69) is 60.7 Å². The van der Waals surface area contributed by atoms with Crippen LogP contribution >= 0.6 is 0 Å². The summed E-state index contributed by atoms with van der Waals surface area (Å²) >= 11 is 0. The van der Waals surface area contributed by atoms with Crippen molar-refractivity contribution in [2.75, 3.05) is 0 Å². The summed E-state index contributed by atoms with van der Waals surface area (Å²) < 4.78 is 5.89. The van der Waals surface area contributed by atoms with Gasteiger partial charge >= 0.3 is 0 Å². The lowest BCUT2D eigenvalue weighted by molar-refractivity contribution is 0.107. The Morgan fingerprint density at radius 3 is 1.03 bits per heavy atom. The fourth-order valence-corrected chi connectivity index (χ4v) is 3.35. The van der Waals surface area contributed by atoms with Gasteiger partial charge in [-0.2, -0.15) is 10.5 Å². The zero-order valence-electron chi connectivity index (χ0n) is 17.0. The minimum absolute atomic E-state index is 0.547. The molecule has 148 valence electrons. The minimum atomic E-state index is 0.547. The molecule has 0 unspecified atom stereocenters. The molecule has 0 bridgehead atoms. The lowest BCUT2D eigenvalue weighted by Gasteiger charge is -2.08. The number of rotatable bonds is 6. The summed E-state index contributed by atoms with van der Waals surface area (Å²) in [5, 5.41) is 17.8. The molecule has 0 N–H and O–H groups in total. The van der Waals surface area contributed by atoms with E-state index >= 15 is 0 Å². The molecule has 4 rings (SSSR count). The average Bonchev–Trinajstić information content (AvgIpc) is 2.85. The van der Waals surface area contributed by atoms with E-state index in [-0.39, 0.29) is 0 Å². The highest BCUT2D eigenvalue weighted by molar-refractivity contribution is 5.65. The zero-order chi connectivity index (χ0) is 21.5. The van der Waals surface area contributed by atoms with E-state index in [1.54, 1.807) is 0 Å². The number of hydrogen-bond acceptors (Lipinski definition) is 3. The van der Waals surface area contributed by atoms with Crippen LogP contribution in [0.5, 0.6) is 0 Å². The molecule has 4 aromatic carbocycles. The molecule has 0 heterocycles. The SMILES string of the molecule is N#Cc1ccc(-c2ccc(COCc3ccc(-c4ccc(C#N)cc4)cc3)cc2)cc1. The van der Waals surface area contributed by atoms with Crippen LogP contribution in [-0.2, 0) is 18.0 Å². The van der Waals surface area contributed by atoms with E-state index in [1.807, 2.05) is 48.5 Å². The van der Waals surface area contributed by atoms with Gasteiger partial charge in [0.15, 0.2) is 0 Å². The normalized spacial score (nSPS) is 10.3. The molecule has 0 radical (unpaired) electrons. The van der Waals surface area contributed by atoms with Crippen LogP contribution in [0.4, 0.5) is 0 Å². The quantitative estimate of drug-likeness (QED) is 0.372. The Balaban J connectivity index is 1.31. The van der Waals surface area contributed by atoms with Gasteiger partial charge in [-0.1, -0.05) is 72.8 Å². The molecule has 31 heavy (non-hydrogen) atoms. The number of nitriles is 2. The number of ether oxygens (including phenoxy) is 1. The van der Waals surface area contributed by atoms with Gasteiger partial charge in [-0.15, -0.1) is 0 Å². The average molecular weight is 400 g/mol. The molecule has 4 aromatic rings. The predicted octanol–water partition coefficient (Wildman–Crippen LogP) is 6.48. The molecule has 0 aromatic heterocycles. The molecule has 0 aliphatic carbocycles. The predicted molar refractivity (Wildman–Crippen MR) is 122 cm³/mol. The van der Waals surface area contributed by atoms with E-state index in [9.17, 15) is 0 Å². The van der Waals surface area contributed by atoms with Gasteiger partial charge in [0.1, 0.15) is 0 Å². The van der Waals surface area contributed by atoms with Gasteiger partial charge in [0.2, 0.25) is 0 Å². The molecule has 0 saturated heterocycles. The van der Waals surface area contributed by atoms with Crippen LogP contribution in [0, 0.1) is 22.7 Å². The summed E-state index contributed by atoms with van der Waals surface area (Å²) in [6, 6.07) is 36.1. The van der Waals surface area contributed by atoms with Gasteiger partial charge in [-0.3, -0.25) is 0 Å². The monoisotopic (exact) mass is 400 g/mol. The summed E-state index contributed by atoms with van der Waals surface area (Å²) in [7, 11) is 0. The molecular weight excluding hydrogens is 380 g/mol. The third-order valence-corrected chi connectivity index (χ3v) is 5.14. The molecule has 0 atom stereocenters. The molecule has 3 nitrogen and oxygen atoms in total. The second kappa shape index (κ2) is 9.55. The van der Waals surface area contributed by atoms with Gasteiger partial charge in [-0.05, 0) is 57.6 Å². The van der Waals surface area contributed by atoms with Crippen LogP contribution in [0.1, 0.15) is 22.3 Å².